The molecule has 0 aliphatic heterocycles. The average molecular weight is 492 g/mol. The maximum atomic E-state index is 13.5. The fraction of sp³-hybridized carbons (Fsp3) is 0.400. The molecule has 0 aromatic heterocycles. The van der Waals surface area contributed by atoms with Crippen molar-refractivity contribution >= 4 is 18.0 Å². The smallest absolute Gasteiger partial charge is 0.408 e. The van der Waals surface area contributed by atoms with Gasteiger partial charge in [-0.3, -0.25) is 9.59 Å². The van der Waals surface area contributed by atoms with E-state index in [1.54, 1.807) is 6.92 Å². The molecule has 0 saturated carbocycles. The maximum absolute atomic E-state index is 13.5. The lowest BCUT2D eigenvalue weighted by molar-refractivity contribution is -0.156. The summed E-state index contributed by atoms with van der Waals surface area (Å²) in [6.07, 6.45) is -7.28. The number of carboxylic acid groups (broad SMARTS) is 1. The summed E-state index contributed by atoms with van der Waals surface area (Å²) < 4.78 is 45.6. The molecule has 2 atom stereocenters. The van der Waals surface area contributed by atoms with Crippen molar-refractivity contribution in [1.82, 2.24) is 10.6 Å². The molecular weight excluding hydrogens is 465 g/mol. The molecule has 188 valence electrons. The summed E-state index contributed by atoms with van der Waals surface area (Å²) in [5.41, 5.74) is 3.84. The van der Waals surface area contributed by atoms with E-state index in [0.717, 1.165) is 22.3 Å². The first-order valence-electron chi connectivity index (χ1n) is 11.3. The summed E-state index contributed by atoms with van der Waals surface area (Å²) >= 11 is 0. The highest BCUT2D eigenvalue weighted by molar-refractivity contribution is 5.79. The van der Waals surface area contributed by atoms with E-state index in [1.165, 1.54) is 0 Å². The highest BCUT2D eigenvalue weighted by Crippen LogP contribution is 2.44. The molecule has 3 N–H and O–H groups in total. The van der Waals surface area contributed by atoms with Gasteiger partial charge in [-0.25, -0.2) is 4.79 Å². The first kappa shape index (κ1) is 26.1. The lowest BCUT2D eigenvalue weighted by Gasteiger charge is -2.22. The minimum absolute atomic E-state index is 0.141. The van der Waals surface area contributed by atoms with Gasteiger partial charge in [0, 0.05) is 18.4 Å². The predicted octanol–water partition coefficient (Wildman–Crippen LogP) is 4.61. The van der Waals surface area contributed by atoms with E-state index in [4.69, 9.17) is 9.84 Å². The lowest BCUT2D eigenvalue weighted by Crippen LogP contribution is -2.46. The van der Waals surface area contributed by atoms with E-state index in [9.17, 15) is 27.6 Å². The Hall–Kier alpha value is -3.56. The number of benzene rings is 2. The van der Waals surface area contributed by atoms with Gasteiger partial charge in [0.05, 0.1) is 6.42 Å². The Morgan fingerprint density at radius 3 is 2.09 bits per heavy atom. The van der Waals surface area contributed by atoms with Gasteiger partial charge >= 0.3 is 18.2 Å². The molecule has 0 unspecified atom stereocenters. The minimum atomic E-state index is -4.79. The molecule has 2 aromatic carbocycles. The van der Waals surface area contributed by atoms with Crippen molar-refractivity contribution in [2.24, 2.45) is 0 Å². The van der Waals surface area contributed by atoms with Crippen LogP contribution in [0.15, 0.2) is 48.5 Å². The highest BCUT2D eigenvalue weighted by atomic mass is 19.4. The summed E-state index contributed by atoms with van der Waals surface area (Å²) in [6.45, 7) is 1.52. The van der Waals surface area contributed by atoms with E-state index >= 15 is 0 Å². The number of nitrogens with one attached hydrogen (secondary N) is 2. The summed E-state index contributed by atoms with van der Waals surface area (Å²) in [5.74, 6) is -2.15. The van der Waals surface area contributed by atoms with Crippen molar-refractivity contribution in [3.63, 3.8) is 0 Å². The first-order chi connectivity index (χ1) is 16.6. The number of carbonyl (C=O) groups is 3. The normalized spacial score (nSPS) is 14.4. The SMILES string of the molecule is CC[C@@H](CC(=O)O)NC(=O)CC[C@H](NC(=O)OCC1c2ccccc2-c2ccccc21)C(F)(F)F. The second kappa shape index (κ2) is 11.2. The zero-order valence-corrected chi connectivity index (χ0v) is 19.1. The number of ether oxygens (including phenoxy) is 1. The fourth-order valence-corrected chi connectivity index (χ4v) is 4.18. The van der Waals surface area contributed by atoms with Crippen LogP contribution in [0.3, 0.4) is 0 Å². The lowest BCUT2D eigenvalue weighted by atomic mass is 9.98. The molecule has 7 nitrogen and oxygen atoms in total. The van der Waals surface area contributed by atoms with Gasteiger partial charge < -0.3 is 20.5 Å². The third-order valence-electron chi connectivity index (χ3n) is 5.97. The molecule has 0 spiro atoms. The zero-order valence-electron chi connectivity index (χ0n) is 19.1. The van der Waals surface area contributed by atoms with E-state index in [1.807, 2.05) is 53.8 Å². The second-order valence-corrected chi connectivity index (χ2v) is 8.37. The molecule has 2 aromatic rings. The average Bonchev–Trinajstić information content (AvgIpc) is 3.12. The highest BCUT2D eigenvalue weighted by Gasteiger charge is 2.41. The van der Waals surface area contributed by atoms with E-state index < -0.39 is 49.1 Å². The van der Waals surface area contributed by atoms with Gasteiger partial charge in [-0.05, 0) is 35.1 Å². The fourth-order valence-electron chi connectivity index (χ4n) is 4.18. The third kappa shape index (κ3) is 6.74. The van der Waals surface area contributed by atoms with Crippen molar-refractivity contribution in [2.75, 3.05) is 6.61 Å². The molecule has 0 saturated heterocycles. The third-order valence-corrected chi connectivity index (χ3v) is 5.97. The predicted molar refractivity (Wildman–Crippen MR) is 122 cm³/mol. The number of carboxylic acids is 1. The van der Waals surface area contributed by atoms with Crippen LogP contribution in [-0.4, -0.2) is 47.9 Å². The molecule has 1 aliphatic carbocycles. The van der Waals surface area contributed by atoms with Crippen LogP contribution in [0.4, 0.5) is 18.0 Å². The molecule has 0 fully saturated rings. The molecule has 0 radical (unpaired) electrons. The number of aliphatic carboxylic acids is 1. The van der Waals surface area contributed by atoms with Crippen LogP contribution in [0, 0.1) is 0 Å². The number of amides is 2. The second-order valence-electron chi connectivity index (χ2n) is 8.37. The number of carbonyl (C=O) groups excluding carboxylic acids is 2. The number of alkyl carbamates (subject to hydrolysis) is 1. The Balaban J connectivity index is 1.58. The van der Waals surface area contributed by atoms with Crippen LogP contribution in [0.1, 0.15) is 49.7 Å². The Morgan fingerprint density at radius 1 is 1.00 bits per heavy atom. The van der Waals surface area contributed by atoms with Crippen molar-refractivity contribution in [1.29, 1.82) is 0 Å². The number of rotatable bonds is 10. The Morgan fingerprint density at radius 2 is 1.57 bits per heavy atom. The van der Waals surface area contributed by atoms with Gasteiger partial charge in [-0.2, -0.15) is 13.2 Å². The van der Waals surface area contributed by atoms with Crippen LogP contribution in [0.5, 0.6) is 0 Å². The van der Waals surface area contributed by atoms with Gasteiger partial charge in [0.15, 0.2) is 0 Å². The van der Waals surface area contributed by atoms with Crippen LogP contribution < -0.4 is 10.6 Å². The Labute approximate surface area is 200 Å². The zero-order chi connectivity index (χ0) is 25.6. The van der Waals surface area contributed by atoms with Gasteiger partial charge in [-0.1, -0.05) is 55.5 Å². The van der Waals surface area contributed by atoms with Crippen molar-refractivity contribution in [3.8, 4) is 11.1 Å². The number of alkyl halides is 3. The summed E-state index contributed by atoms with van der Waals surface area (Å²) in [5, 5.41) is 13.1. The molecule has 2 amide bonds. The molecule has 35 heavy (non-hydrogen) atoms. The topological polar surface area (TPSA) is 105 Å². The molecule has 0 heterocycles. The Bertz CT molecular complexity index is 1030. The van der Waals surface area contributed by atoms with Crippen molar-refractivity contribution in [3.05, 3.63) is 59.7 Å². The molecule has 1 aliphatic rings. The number of hydrogen-bond donors (Lipinski definition) is 3. The van der Waals surface area contributed by atoms with E-state index in [2.05, 4.69) is 5.32 Å². The van der Waals surface area contributed by atoms with Crippen molar-refractivity contribution in [2.45, 2.75) is 56.8 Å². The van der Waals surface area contributed by atoms with Gasteiger partial charge in [0.2, 0.25) is 5.91 Å². The molecule has 0 bridgehead atoms. The van der Waals surface area contributed by atoms with Gasteiger partial charge in [-0.15, -0.1) is 0 Å². The Kier molecular flexibility index (Phi) is 8.37. The van der Waals surface area contributed by atoms with Gasteiger partial charge in [0.25, 0.3) is 0 Å². The summed E-state index contributed by atoms with van der Waals surface area (Å²) in [6, 6.07) is 12.2. The quantitative estimate of drug-likeness (QED) is 0.450. The maximum Gasteiger partial charge on any atom is 0.408 e. The van der Waals surface area contributed by atoms with Crippen molar-refractivity contribution < 1.29 is 37.4 Å². The van der Waals surface area contributed by atoms with E-state index in [-0.39, 0.29) is 18.9 Å². The molecule has 3 rings (SSSR count). The number of fused-ring (bicyclic) bond motifs is 3. The summed E-state index contributed by atoms with van der Waals surface area (Å²) in [7, 11) is 0. The standard InChI is InChI=1S/C25H27F3N2O5/c1-2-15(13-23(32)33)29-22(31)12-11-21(25(26,27)28)30-24(34)35-14-20-18-9-5-3-7-16(18)17-8-4-6-10-19(17)20/h3-10,15,20-21H,2,11-14H2,1H3,(H,29,31)(H,30,34)(H,32,33)/t15-,21-/m0/s1. The number of hydrogen-bond acceptors (Lipinski definition) is 4. The molecule has 10 heteroatoms. The van der Waals surface area contributed by atoms with Crippen LogP contribution >= 0.6 is 0 Å². The van der Waals surface area contributed by atoms with Crippen LogP contribution in [0.25, 0.3) is 11.1 Å². The monoisotopic (exact) mass is 492 g/mol. The number of halogens is 3. The largest absolute Gasteiger partial charge is 0.481 e. The summed E-state index contributed by atoms with van der Waals surface area (Å²) in [4.78, 5) is 35.1. The van der Waals surface area contributed by atoms with E-state index in [0.29, 0.717) is 6.42 Å². The minimum Gasteiger partial charge on any atom is -0.481 e. The first-order valence-corrected chi connectivity index (χ1v) is 11.3. The van der Waals surface area contributed by atoms with Gasteiger partial charge in [0.1, 0.15) is 12.6 Å². The molecular formula is C25H27F3N2O5. The van der Waals surface area contributed by atoms with Crippen LogP contribution in [0.2, 0.25) is 0 Å². The van der Waals surface area contributed by atoms with Crippen LogP contribution in [-0.2, 0) is 14.3 Å².